The van der Waals surface area contributed by atoms with Crippen LogP contribution in [0.1, 0.15) is 31.9 Å². The zero-order valence-electron chi connectivity index (χ0n) is 10.7. The van der Waals surface area contributed by atoms with Gasteiger partial charge in [-0.3, -0.25) is 0 Å². The van der Waals surface area contributed by atoms with Crippen molar-refractivity contribution >= 4 is 12.0 Å². The Bertz CT molecular complexity index is 459. The van der Waals surface area contributed by atoms with Crippen molar-refractivity contribution in [3.8, 4) is 0 Å². The molecule has 3 nitrogen and oxygen atoms in total. The first-order chi connectivity index (χ1) is 8.33. The Morgan fingerprint density at radius 2 is 2.11 bits per heavy atom. The van der Waals surface area contributed by atoms with Gasteiger partial charge in [0.2, 0.25) is 0 Å². The molecular weight excluding hydrogens is 235 g/mol. The molecule has 98 valence electrons. The van der Waals surface area contributed by atoms with Crippen molar-refractivity contribution in [1.29, 1.82) is 0 Å². The molecule has 0 atom stereocenters. The molecule has 0 fully saturated rings. The van der Waals surface area contributed by atoms with E-state index in [9.17, 15) is 9.18 Å². The number of halogens is 1. The number of aliphatic hydroxyl groups is 1. The lowest BCUT2D eigenvalue weighted by molar-refractivity contribution is -0.148. The van der Waals surface area contributed by atoms with Crippen molar-refractivity contribution in [1.82, 2.24) is 0 Å². The van der Waals surface area contributed by atoms with Crippen molar-refractivity contribution in [2.24, 2.45) is 0 Å². The molecule has 0 saturated carbocycles. The van der Waals surface area contributed by atoms with Crippen molar-refractivity contribution in [2.45, 2.75) is 33.0 Å². The third-order valence-corrected chi connectivity index (χ3v) is 2.12. The Balaban J connectivity index is 2.85. The van der Waals surface area contributed by atoms with Gasteiger partial charge in [0.25, 0.3) is 0 Å². The van der Waals surface area contributed by atoms with E-state index in [2.05, 4.69) is 0 Å². The molecule has 0 amide bonds. The highest BCUT2D eigenvalue weighted by Gasteiger charge is 2.14. The minimum absolute atomic E-state index is 0.164. The molecule has 0 aliphatic heterocycles. The minimum Gasteiger partial charge on any atom is -0.457 e. The van der Waals surface area contributed by atoms with Crippen LogP contribution in [0.4, 0.5) is 4.39 Å². The maximum absolute atomic E-state index is 13.3. The predicted octanol–water partition coefficient (Wildman–Crippen LogP) is 2.67. The van der Waals surface area contributed by atoms with E-state index >= 15 is 0 Å². The minimum atomic E-state index is -0.566. The summed E-state index contributed by atoms with van der Waals surface area (Å²) in [5, 5.41) is 9.06. The second-order valence-electron chi connectivity index (χ2n) is 4.83. The second-order valence-corrected chi connectivity index (χ2v) is 4.83. The van der Waals surface area contributed by atoms with Gasteiger partial charge in [-0.25, -0.2) is 9.18 Å². The Kier molecular flexibility index (Phi) is 4.62. The van der Waals surface area contributed by atoms with E-state index < -0.39 is 24.0 Å². The molecule has 18 heavy (non-hydrogen) atoms. The summed E-state index contributed by atoms with van der Waals surface area (Å²) in [5.74, 6) is -1.00. The number of rotatable bonds is 3. The van der Waals surface area contributed by atoms with Crippen LogP contribution in [0, 0.1) is 5.82 Å². The fourth-order valence-corrected chi connectivity index (χ4v) is 1.39. The normalized spacial score (nSPS) is 11.8. The van der Waals surface area contributed by atoms with Gasteiger partial charge < -0.3 is 9.84 Å². The third kappa shape index (κ3) is 4.30. The number of carbonyl (C=O) groups is 1. The lowest BCUT2D eigenvalue weighted by Gasteiger charge is -2.17. The van der Waals surface area contributed by atoms with Crippen LogP contribution < -0.4 is 0 Å². The van der Waals surface area contributed by atoms with E-state index in [0.29, 0.717) is 5.56 Å². The number of esters is 1. The van der Waals surface area contributed by atoms with Gasteiger partial charge in [-0.2, -0.15) is 0 Å². The van der Waals surface area contributed by atoms with E-state index in [1.54, 1.807) is 26.8 Å². The van der Waals surface area contributed by atoms with Crippen LogP contribution in [0.3, 0.4) is 0 Å². The fourth-order valence-electron chi connectivity index (χ4n) is 1.39. The van der Waals surface area contributed by atoms with Gasteiger partial charge in [-0.05, 0) is 38.5 Å². The first-order valence-electron chi connectivity index (χ1n) is 5.63. The van der Waals surface area contributed by atoms with Crippen molar-refractivity contribution < 1.29 is 19.0 Å². The van der Waals surface area contributed by atoms with Crippen LogP contribution in [0.25, 0.3) is 6.08 Å². The van der Waals surface area contributed by atoms with Crippen LogP contribution in [-0.4, -0.2) is 16.7 Å². The Hall–Kier alpha value is -1.68. The van der Waals surface area contributed by atoms with Gasteiger partial charge in [0.05, 0.1) is 6.61 Å². The van der Waals surface area contributed by atoms with Crippen LogP contribution >= 0.6 is 0 Å². The number of hydrogen-bond donors (Lipinski definition) is 1. The maximum Gasteiger partial charge on any atom is 0.331 e. The van der Waals surface area contributed by atoms with E-state index in [-0.39, 0.29) is 5.56 Å². The molecule has 1 aromatic rings. The number of ether oxygens (including phenoxy) is 1. The Morgan fingerprint density at radius 1 is 1.44 bits per heavy atom. The van der Waals surface area contributed by atoms with Crippen LogP contribution in [-0.2, 0) is 16.1 Å². The van der Waals surface area contributed by atoms with Crippen LogP contribution in [0.15, 0.2) is 24.3 Å². The topological polar surface area (TPSA) is 46.5 Å². The molecular formula is C14H17FO3. The number of carbonyl (C=O) groups excluding carboxylic acids is 1. The molecule has 0 unspecified atom stereocenters. The van der Waals surface area contributed by atoms with Crippen molar-refractivity contribution in [2.75, 3.05) is 0 Å². The summed E-state index contributed by atoms with van der Waals surface area (Å²) in [5.41, 5.74) is 0.0593. The highest BCUT2D eigenvalue weighted by atomic mass is 19.1. The Morgan fingerprint density at radius 3 is 2.67 bits per heavy atom. The summed E-state index contributed by atoms with van der Waals surface area (Å²) < 4.78 is 18.4. The van der Waals surface area contributed by atoms with Gasteiger partial charge in [-0.15, -0.1) is 0 Å². The molecule has 0 spiro atoms. The monoisotopic (exact) mass is 252 g/mol. The summed E-state index contributed by atoms with van der Waals surface area (Å²) in [6.45, 7) is 4.88. The molecule has 0 saturated heterocycles. The van der Waals surface area contributed by atoms with E-state index in [4.69, 9.17) is 9.84 Å². The van der Waals surface area contributed by atoms with Gasteiger partial charge in [0.15, 0.2) is 0 Å². The van der Waals surface area contributed by atoms with Gasteiger partial charge >= 0.3 is 5.97 Å². The van der Waals surface area contributed by atoms with E-state index in [0.717, 1.165) is 0 Å². The molecule has 0 bridgehead atoms. The third-order valence-electron chi connectivity index (χ3n) is 2.12. The number of benzene rings is 1. The number of hydrogen-bond acceptors (Lipinski definition) is 3. The first-order valence-corrected chi connectivity index (χ1v) is 5.63. The van der Waals surface area contributed by atoms with Crippen LogP contribution in [0.2, 0.25) is 0 Å². The summed E-state index contributed by atoms with van der Waals surface area (Å²) in [6, 6.07) is 4.40. The van der Waals surface area contributed by atoms with Crippen molar-refractivity contribution in [3.05, 3.63) is 41.2 Å². The average Bonchev–Trinajstić information content (AvgIpc) is 2.24. The van der Waals surface area contributed by atoms with Gasteiger partial charge in [0, 0.05) is 11.6 Å². The van der Waals surface area contributed by atoms with E-state index in [1.165, 1.54) is 24.3 Å². The molecule has 0 aromatic heterocycles. The van der Waals surface area contributed by atoms with Gasteiger partial charge in [0.1, 0.15) is 11.4 Å². The molecule has 4 heteroatoms. The highest BCUT2D eigenvalue weighted by Crippen LogP contribution is 2.15. The molecule has 0 heterocycles. The first kappa shape index (κ1) is 14.4. The van der Waals surface area contributed by atoms with Crippen LogP contribution in [0.5, 0.6) is 0 Å². The fraction of sp³-hybridized carbons (Fsp3) is 0.357. The lowest BCUT2D eigenvalue weighted by atomic mass is 10.1. The van der Waals surface area contributed by atoms with Crippen molar-refractivity contribution in [3.63, 3.8) is 0 Å². The molecule has 0 aliphatic rings. The summed E-state index contributed by atoms with van der Waals surface area (Å²) >= 11 is 0. The second kappa shape index (κ2) is 5.78. The molecule has 1 aromatic carbocycles. The highest BCUT2D eigenvalue weighted by molar-refractivity contribution is 5.87. The van der Waals surface area contributed by atoms with E-state index in [1.807, 2.05) is 0 Å². The largest absolute Gasteiger partial charge is 0.457 e. The summed E-state index contributed by atoms with van der Waals surface area (Å²) in [6.07, 6.45) is 2.65. The summed E-state index contributed by atoms with van der Waals surface area (Å²) in [7, 11) is 0. The van der Waals surface area contributed by atoms with Gasteiger partial charge in [-0.1, -0.05) is 12.1 Å². The number of aliphatic hydroxyl groups excluding tert-OH is 1. The maximum atomic E-state index is 13.3. The zero-order valence-corrected chi connectivity index (χ0v) is 10.7. The quantitative estimate of drug-likeness (QED) is 0.664. The lowest BCUT2D eigenvalue weighted by Crippen LogP contribution is -2.22. The zero-order chi connectivity index (χ0) is 13.8. The molecule has 0 aliphatic carbocycles. The Labute approximate surface area is 106 Å². The smallest absolute Gasteiger partial charge is 0.331 e. The molecule has 1 rings (SSSR count). The molecule has 0 radical (unpaired) electrons. The predicted molar refractivity (Wildman–Crippen MR) is 67.2 cm³/mol. The molecule has 1 N–H and O–H groups in total. The standard InChI is InChI=1S/C14H17FO3/c1-14(2,3)18-13(17)8-7-10-5-4-6-12(15)11(10)9-16/h4-8,16H,9H2,1-3H3/b8-7+. The average molecular weight is 252 g/mol. The summed E-state index contributed by atoms with van der Waals surface area (Å²) in [4.78, 5) is 11.5. The SMILES string of the molecule is CC(C)(C)OC(=O)/C=C/c1cccc(F)c1CO.